The molecule has 1 saturated heterocycles. The molecule has 1 heterocycles. The molecule has 1 N–H and O–H groups in total. The molecule has 7 heteroatoms. The third-order valence-electron chi connectivity index (χ3n) is 3.65. The van der Waals surface area contributed by atoms with Gasteiger partial charge in [0.15, 0.2) is 0 Å². The maximum Gasteiger partial charge on any atom is 0.335 e. The number of aromatic carboxylic acids is 1. The first kappa shape index (κ1) is 14.3. The second kappa shape index (κ2) is 5.46. The highest BCUT2D eigenvalue weighted by atomic mass is 16.6. The Hall–Kier alpha value is -2.15. The number of hydrogen-bond acceptors (Lipinski definition) is 5. The van der Waals surface area contributed by atoms with E-state index in [0.717, 1.165) is 6.42 Å². The van der Waals surface area contributed by atoms with Crippen molar-refractivity contribution >= 4 is 17.3 Å². The molecule has 0 amide bonds. The van der Waals surface area contributed by atoms with E-state index in [1.54, 1.807) is 0 Å². The molecular formula is C13H17N3O4. The molecule has 0 spiro atoms. The van der Waals surface area contributed by atoms with Crippen LogP contribution in [0.5, 0.6) is 0 Å². The van der Waals surface area contributed by atoms with Gasteiger partial charge in [-0.25, -0.2) is 4.79 Å². The van der Waals surface area contributed by atoms with Gasteiger partial charge in [0.05, 0.1) is 10.5 Å². The topological polar surface area (TPSA) is 86.9 Å². The standard InChI is InChI=1S/C13H17N3O4/c1-14(2)10-5-6-15(8-10)12-7-9(13(17)18)3-4-11(12)16(19)20/h3-4,7,10H,5-6,8H2,1-2H3,(H,17,18). The van der Waals surface area contributed by atoms with E-state index in [1.165, 1.54) is 18.2 Å². The molecule has 0 radical (unpaired) electrons. The van der Waals surface area contributed by atoms with E-state index >= 15 is 0 Å². The van der Waals surface area contributed by atoms with E-state index in [0.29, 0.717) is 24.8 Å². The zero-order chi connectivity index (χ0) is 14.9. The van der Waals surface area contributed by atoms with Crippen LogP contribution in [0.2, 0.25) is 0 Å². The van der Waals surface area contributed by atoms with E-state index in [9.17, 15) is 14.9 Å². The Balaban J connectivity index is 2.36. The second-order valence-corrected chi connectivity index (χ2v) is 5.12. The molecule has 1 fully saturated rings. The summed E-state index contributed by atoms with van der Waals surface area (Å²) >= 11 is 0. The normalized spacial score (nSPS) is 18.6. The Morgan fingerprint density at radius 1 is 1.50 bits per heavy atom. The number of nitrogens with zero attached hydrogens (tertiary/aromatic N) is 3. The monoisotopic (exact) mass is 279 g/mol. The highest BCUT2D eigenvalue weighted by molar-refractivity contribution is 5.90. The number of benzene rings is 1. The second-order valence-electron chi connectivity index (χ2n) is 5.12. The highest BCUT2D eigenvalue weighted by Gasteiger charge is 2.29. The molecule has 1 unspecified atom stereocenters. The van der Waals surface area contributed by atoms with E-state index in [-0.39, 0.29) is 11.3 Å². The van der Waals surface area contributed by atoms with E-state index in [2.05, 4.69) is 4.90 Å². The van der Waals surface area contributed by atoms with Gasteiger partial charge >= 0.3 is 5.97 Å². The van der Waals surface area contributed by atoms with Gasteiger partial charge in [-0.3, -0.25) is 10.1 Å². The fourth-order valence-electron chi connectivity index (χ4n) is 2.45. The molecule has 1 atom stereocenters. The van der Waals surface area contributed by atoms with Crippen LogP contribution in [-0.2, 0) is 0 Å². The van der Waals surface area contributed by atoms with Crippen LogP contribution < -0.4 is 4.90 Å². The van der Waals surface area contributed by atoms with Crippen molar-refractivity contribution < 1.29 is 14.8 Å². The first-order valence-corrected chi connectivity index (χ1v) is 6.33. The number of carboxylic acid groups (broad SMARTS) is 1. The number of likely N-dealkylation sites (N-methyl/N-ethyl adjacent to an activating group) is 1. The Morgan fingerprint density at radius 3 is 2.70 bits per heavy atom. The van der Waals surface area contributed by atoms with Crippen molar-refractivity contribution in [3.63, 3.8) is 0 Å². The fraction of sp³-hybridized carbons (Fsp3) is 0.462. The largest absolute Gasteiger partial charge is 0.478 e. The minimum absolute atomic E-state index is 0.0468. The lowest BCUT2D eigenvalue weighted by Gasteiger charge is -2.21. The lowest BCUT2D eigenvalue weighted by atomic mass is 10.1. The van der Waals surface area contributed by atoms with Crippen molar-refractivity contribution in [2.24, 2.45) is 0 Å². The van der Waals surface area contributed by atoms with Gasteiger partial charge in [-0.2, -0.15) is 0 Å². The van der Waals surface area contributed by atoms with Crippen molar-refractivity contribution in [3.05, 3.63) is 33.9 Å². The van der Waals surface area contributed by atoms with E-state index < -0.39 is 10.9 Å². The quantitative estimate of drug-likeness (QED) is 0.662. The van der Waals surface area contributed by atoms with Gasteiger partial charge in [-0.1, -0.05) is 0 Å². The molecule has 0 aliphatic carbocycles. The molecule has 0 saturated carbocycles. The zero-order valence-corrected chi connectivity index (χ0v) is 11.4. The average molecular weight is 279 g/mol. The van der Waals surface area contributed by atoms with Gasteiger partial charge in [-0.05, 0) is 32.6 Å². The number of nitro groups is 1. The zero-order valence-electron chi connectivity index (χ0n) is 11.4. The molecule has 1 aromatic rings. The summed E-state index contributed by atoms with van der Waals surface area (Å²) in [5.41, 5.74) is 0.410. The van der Waals surface area contributed by atoms with Crippen molar-refractivity contribution in [2.75, 3.05) is 32.1 Å². The van der Waals surface area contributed by atoms with Crippen LogP contribution in [0.25, 0.3) is 0 Å². The van der Waals surface area contributed by atoms with Crippen LogP contribution in [-0.4, -0.2) is 54.1 Å². The maximum atomic E-state index is 11.1. The number of carboxylic acids is 1. The summed E-state index contributed by atoms with van der Waals surface area (Å²) < 4.78 is 0. The number of hydrogen-bond donors (Lipinski definition) is 1. The van der Waals surface area contributed by atoms with Gasteiger partial charge in [0, 0.05) is 25.2 Å². The molecule has 1 aliphatic rings. The molecule has 0 aromatic heterocycles. The lowest BCUT2D eigenvalue weighted by molar-refractivity contribution is -0.384. The summed E-state index contributed by atoms with van der Waals surface area (Å²) in [6.07, 6.45) is 0.904. The first-order chi connectivity index (χ1) is 9.40. The number of anilines is 1. The molecule has 1 aromatic carbocycles. The van der Waals surface area contributed by atoms with Crippen molar-refractivity contribution in [2.45, 2.75) is 12.5 Å². The van der Waals surface area contributed by atoms with Gasteiger partial charge in [0.2, 0.25) is 0 Å². The van der Waals surface area contributed by atoms with Crippen LogP contribution >= 0.6 is 0 Å². The highest BCUT2D eigenvalue weighted by Crippen LogP contribution is 2.32. The Bertz CT molecular complexity index is 544. The molecule has 108 valence electrons. The Labute approximate surface area is 116 Å². The van der Waals surface area contributed by atoms with Crippen molar-refractivity contribution in [1.29, 1.82) is 0 Å². The average Bonchev–Trinajstić information content (AvgIpc) is 2.87. The number of nitro benzene ring substituents is 1. The molecule has 7 nitrogen and oxygen atoms in total. The Morgan fingerprint density at radius 2 is 2.20 bits per heavy atom. The van der Waals surface area contributed by atoms with Crippen molar-refractivity contribution in [3.8, 4) is 0 Å². The smallest absolute Gasteiger partial charge is 0.335 e. The SMILES string of the molecule is CN(C)C1CCN(c2cc(C(=O)O)ccc2[N+](=O)[O-])C1. The predicted molar refractivity (Wildman–Crippen MR) is 74.4 cm³/mol. The molecular weight excluding hydrogens is 262 g/mol. The van der Waals surface area contributed by atoms with Crippen LogP contribution in [0.3, 0.4) is 0 Å². The van der Waals surface area contributed by atoms with Gasteiger partial charge in [0.25, 0.3) is 5.69 Å². The van der Waals surface area contributed by atoms with Crippen LogP contribution in [0.1, 0.15) is 16.8 Å². The van der Waals surface area contributed by atoms with Crippen LogP contribution in [0.15, 0.2) is 18.2 Å². The summed E-state index contributed by atoms with van der Waals surface area (Å²) in [5.74, 6) is -1.08. The molecule has 0 bridgehead atoms. The summed E-state index contributed by atoms with van der Waals surface area (Å²) in [6, 6.07) is 4.24. The minimum atomic E-state index is -1.08. The number of rotatable bonds is 4. The van der Waals surface area contributed by atoms with Crippen molar-refractivity contribution in [1.82, 2.24) is 4.90 Å². The third kappa shape index (κ3) is 2.72. The van der Waals surface area contributed by atoms with Crippen LogP contribution in [0.4, 0.5) is 11.4 Å². The Kier molecular flexibility index (Phi) is 3.89. The molecule has 1 aliphatic heterocycles. The summed E-state index contributed by atoms with van der Waals surface area (Å²) in [5, 5.41) is 20.1. The number of carbonyl (C=O) groups is 1. The third-order valence-corrected chi connectivity index (χ3v) is 3.65. The summed E-state index contributed by atoms with van der Waals surface area (Å²) in [6.45, 7) is 1.35. The summed E-state index contributed by atoms with van der Waals surface area (Å²) in [7, 11) is 3.94. The van der Waals surface area contributed by atoms with Gasteiger partial charge < -0.3 is 14.9 Å². The maximum absolute atomic E-state index is 11.1. The van der Waals surface area contributed by atoms with E-state index in [1.807, 2.05) is 19.0 Å². The lowest BCUT2D eigenvalue weighted by Crippen LogP contribution is -2.31. The molecule has 2 rings (SSSR count). The van der Waals surface area contributed by atoms with Crippen LogP contribution in [0, 0.1) is 10.1 Å². The fourth-order valence-corrected chi connectivity index (χ4v) is 2.45. The summed E-state index contributed by atoms with van der Waals surface area (Å²) in [4.78, 5) is 25.6. The molecule has 20 heavy (non-hydrogen) atoms. The van der Waals surface area contributed by atoms with Gasteiger partial charge in [-0.15, -0.1) is 0 Å². The predicted octanol–water partition coefficient (Wildman–Crippen LogP) is 1.43. The minimum Gasteiger partial charge on any atom is -0.478 e. The first-order valence-electron chi connectivity index (χ1n) is 6.33. The van der Waals surface area contributed by atoms with E-state index in [4.69, 9.17) is 5.11 Å². The van der Waals surface area contributed by atoms with Gasteiger partial charge in [0.1, 0.15) is 5.69 Å².